The Labute approximate surface area is 80.4 Å². The number of methoxy groups -OCH3 is 1. The van der Waals surface area contributed by atoms with Crippen LogP contribution < -0.4 is 0 Å². The van der Waals surface area contributed by atoms with Crippen molar-refractivity contribution in [3.8, 4) is 12.3 Å². The maximum absolute atomic E-state index is 5.50. The molecule has 0 rings (SSSR count). The second-order valence-corrected chi connectivity index (χ2v) is 2.75. The Morgan fingerprint density at radius 1 is 1.46 bits per heavy atom. The Bertz CT molecular complexity index is 151. The highest BCUT2D eigenvalue weighted by molar-refractivity contribution is 4.83. The molecule has 76 valence electrons. The van der Waals surface area contributed by atoms with Gasteiger partial charge in [-0.15, -0.1) is 6.42 Å². The number of hydrogen-bond acceptors (Lipinski definition) is 3. The van der Waals surface area contributed by atoms with Gasteiger partial charge in [0.15, 0.2) is 6.29 Å². The van der Waals surface area contributed by atoms with Crippen molar-refractivity contribution in [1.82, 2.24) is 0 Å². The van der Waals surface area contributed by atoms with Gasteiger partial charge in [0.25, 0.3) is 0 Å². The predicted octanol–water partition coefficient (Wildman–Crippen LogP) is 1.42. The van der Waals surface area contributed by atoms with Crippen molar-refractivity contribution in [2.45, 2.75) is 32.7 Å². The summed E-state index contributed by atoms with van der Waals surface area (Å²) in [6.45, 7) is 4.78. The fraction of sp³-hybridized carbons (Fsp3) is 0.800. The van der Waals surface area contributed by atoms with Gasteiger partial charge in [0.1, 0.15) is 6.61 Å². The topological polar surface area (TPSA) is 27.7 Å². The zero-order chi connectivity index (χ0) is 10.1. The normalized spacial score (nSPS) is 14.9. The standard InChI is InChI=1S/C10H18O3/c1-5-7-12-10(6-2)13-9(3)8-11-4/h1,9-10H,6-8H2,2-4H3. The maximum Gasteiger partial charge on any atom is 0.159 e. The summed E-state index contributed by atoms with van der Waals surface area (Å²) in [4.78, 5) is 0. The van der Waals surface area contributed by atoms with Crippen molar-refractivity contribution in [3.63, 3.8) is 0 Å². The van der Waals surface area contributed by atoms with Crippen molar-refractivity contribution in [3.05, 3.63) is 0 Å². The minimum Gasteiger partial charge on any atom is -0.382 e. The van der Waals surface area contributed by atoms with Crippen LogP contribution in [-0.2, 0) is 14.2 Å². The van der Waals surface area contributed by atoms with E-state index in [1.54, 1.807) is 7.11 Å². The van der Waals surface area contributed by atoms with E-state index in [1.807, 2.05) is 13.8 Å². The number of hydrogen-bond donors (Lipinski definition) is 0. The Balaban J connectivity index is 3.63. The molecule has 0 radical (unpaired) electrons. The molecule has 0 saturated carbocycles. The van der Waals surface area contributed by atoms with Crippen LogP contribution in [0.3, 0.4) is 0 Å². The number of ether oxygens (including phenoxy) is 3. The maximum atomic E-state index is 5.50. The molecule has 3 heteroatoms. The molecule has 0 saturated heterocycles. The van der Waals surface area contributed by atoms with Gasteiger partial charge in [0.2, 0.25) is 0 Å². The van der Waals surface area contributed by atoms with Crippen molar-refractivity contribution in [1.29, 1.82) is 0 Å². The van der Waals surface area contributed by atoms with Gasteiger partial charge in [0, 0.05) is 7.11 Å². The van der Waals surface area contributed by atoms with Gasteiger partial charge in [-0.25, -0.2) is 0 Å². The van der Waals surface area contributed by atoms with Crippen LogP contribution in [-0.4, -0.2) is 32.7 Å². The fourth-order valence-electron chi connectivity index (χ4n) is 0.928. The van der Waals surface area contributed by atoms with E-state index in [1.165, 1.54) is 0 Å². The summed E-state index contributed by atoms with van der Waals surface area (Å²) in [5, 5.41) is 0. The second kappa shape index (κ2) is 8.06. The zero-order valence-electron chi connectivity index (χ0n) is 8.58. The quantitative estimate of drug-likeness (QED) is 0.444. The molecule has 0 bridgehead atoms. The summed E-state index contributed by atoms with van der Waals surface area (Å²) in [6.07, 6.45) is 5.67. The summed E-state index contributed by atoms with van der Waals surface area (Å²) < 4.78 is 15.7. The summed E-state index contributed by atoms with van der Waals surface area (Å²) in [5.74, 6) is 2.40. The second-order valence-electron chi connectivity index (χ2n) is 2.75. The van der Waals surface area contributed by atoms with E-state index in [4.69, 9.17) is 20.6 Å². The number of terminal acetylenes is 1. The predicted molar refractivity (Wildman–Crippen MR) is 51.3 cm³/mol. The van der Waals surface area contributed by atoms with Crippen LogP contribution in [0.25, 0.3) is 0 Å². The molecule has 0 aromatic heterocycles. The first-order valence-corrected chi connectivity index (χ1v) is 4.44. The lowest BCUT2D eigenvalue weighted by molar-refractivity contribution is -0.169. The molecule has 0 spiro atoms. The molecular formula is C10H18O3. The van der Waals surface area contributed by atoms with Gasteiger partial charge in [-0.3, -0.25) is 0 Å². The summed E-state index contributed by atoms with van der Waals surface area (Å²) in [6, 6.07) is 0. The first kappa shape index (κ1) is 12.4. The van der Waals surface area contributed by atoms with Gasteiger partial charge < -0.3 is 14.2 Å². The van der Waals surface area contributed by atoms with E-state index in [0.717, 1.165) is 6.42 Å². The fourth-order valence-corrected chi connectivity index (χ4v) is 0.928. The highest BCUT2D eigenvalue weighted by atomic mass is 16.7. The molecule has 0 aliphatic heterocycles. The van der Waals surface area contributed by atoms with Gasteiger partial charge in [-0.2, -0.15) is 0 Å². The Morgan fingerprint density at radius 2 is 2.15 bits per heavy atom. The van der Waals surface area contributed by atoms with E-state index in [9.17, 15) is 0 Å². The van der Waals surface area contributed by atoms with E-state index >= 15 is 0 Å². The molecule has 0 aromatic carbocycles. The van der Waals surface area contributed by atoms with Crippen LogP contribution in [0.15, 0.2) is 0 Å². The summed E-state index contributed by atoms with van der Waals surface area (Å²) in [7, 11) is 1.64. The minimum atomic E-state index is -0.221. The van der Waals surface area contributed by atoms with Crippen molar-refractivity contribution in [2.24, 2.45) is 0 Å². The van der Waals surface area contributed by atoms with Gasteiger partial charge in [0.05, 0.1) is 12.7 Å². The van der Waals surface area contributed by atoms with Crippen LogP contribution >= 0.6 is 0 Å². The first-order chi connectivity index (χ1) is 6.24. The van der Waals surface area contributed by atoms with E-state index in [-0.39, 0.29) is 19.0 Å². The van der Waals surface area contributed by atoms with Gasteiger partial charge in [-0.1, -0.05) is 12.8 Å². The first-order valence-electron chi connectivity index (χ1n) is 4.44. The lowest BCUT2D eigenvalue weighted by Crippen LogP contribution is -2.25. The molecule has 2 atom stereocenters. The minimum absolute atomic E-state index is 0.0349. The highest BCUT2D eigenvalue weighted by Gasteiger charge is 2.10. The largest absolute Gasteiger partial charge is 0.382 e. The molecule has 0 aliphatic carbocycles. The van der Waals surface area contributed by atoms with Crippen LogP contribution in [0.1, 0.15) is 20.3 Å². The molecule has 0 aliphatic rings. The van der Waals surface area contributed by atoms with E-state index in [2.05, 4.69) is 5.92 Å². The number of rotatable bonds is 7. The molecular weight excluding hydrogens is 168 g/mol. The Morgan fingerprint density at radius 3 is 2.62 bits per heavy atom. The summed E-state index contributed by atoms with van der Waals surface area (Å²) >= 11 is 0. The molecule has 2 unspecified atom stereocenters. The Kier molecular flexibility index (Phi) is 7.71. The smallest absolute Gasteiger partial charge is 0.159 e. The highest BCUT2D eigenvalue weighted by Crippen LogP contribution is 2.04. The molecule has 0 fully saturated rings. The molecule has 0 N–H and O–H groups in total. The monoisotopic (exact) mass is 186 g/mol. The van der Waals surface area contributed by atoms with Gasteiger partial charge in [-0.05, 0) is 13.3 Å². The van der Waals surface area contributed by atoms with Crippen molar-refractivity contribution < 1.29 is 14.2 Å². The van der Waals surface area contributed by atoms with Crippen LogP contribution in [0.2, 0.25) is 0 Å². The lowest BCUT2D eigenvalue weighted by atomic mass is 10.4. The molecule has 3 nitrogen and oxygen atoms in total. The lowest BCUT2D eigenvalue weighted by Gasteiger charge is -2.20. The van der Waals surface area contributed by atoms with Crippen molar-refractivity contribution >= 4 is 0 Å². The molecule has 0 heterocycles. The van der Waals surface area contributed by atoms with Gasteiger partial charge >= 0.3 is 0 Å². The molecule has 0 aromatic rings. The molecule has 0 amide bonds. The van der Waals surface area contributed by atoms with Crippen LogP contribution in [0, 0.1) is 12.3 Å². The Hall–Kier alpha value is -0.560. The average molecular weight is 186 g/mol. The SMILES string of the molecule is C#CCOC(CC)OC(C)COC. The zero-order valence-corrected chi connectivity index (χ0v) is 8.58. The van der Waals surface area contributed by atoms with Crippen LogP contribution in [0.5, 0.6) is 0 Å². The third-order valence-corrected chi connectivity index (χ3v) is 1.47. The average Bonchev–Trinajstić information content (AvgIpc) is 2.12. The van der Waals surface area contributed by atoms with Crippen LogP contribution in [0.4, 0.5) is 0 Å². The van der Waals surface area contributed by atoms with E-state index in [0.29, 0.717) is 6.61 Å². The van der Waals surface area contributed by atoms with E-state index < -0.39 is 0 Å². The van der Waals surface area contributed by atoms with Crippen molar-refractivity contribution in [2.75, 3.05) is 20.3 Å². The molecule has 13 heavy (non-hydrogen) atoms. The summed E-state index contributed by atoms with van der Waals surface area (Å²) in [5.41, 5.74) is 0. The third-order valence-electron chi connectivity index (χ3n) is 1.47. The third kappa shape index (κ3) is 6.59.